The predicted octanol–water partition coefficient (Wildman–Crippen LogP) is 3.64. The normalized spacial score (nSPS) is 15.0. The lowest BCUT2D eigenvalue weighted by atomic mass is 10.1. The van der Waals surface area contributed by atoms with Crippen LogP contribution in [0.5, 0.6) is 0 Å². The van der Waals surface area contributed by atoms with Crippen LogP contribution in [0.25, 0.3) is 11.5 Å². The van der Waals surface area contributed by atoms with Gasteiger partial charge in [0.2, 0.25) is 11.8 Å². The summed E-state index contributed by atoms with van der Waals surface area (Å²) in [7, 11) is 0. The quantitative estimate of drug-likeness (QED) is 0.916. The highest BCUT2D eigenvalue weighted by Gasteiger charge is 2.18. The van der Waals surface area contributed by atoms with Crippen LogP contribution in [0.2, 0.25) is 0 Å². The second kappa shape index (κ2) is 6.94. The number of hydrogen-bond donors (Lipinski definition) is 1. The van der Waals surface area contributed by atoms with Gasteiger partial charge in [-0.1, -0.05) is 18.9 Å². The molecule has 122 valence electrons. The summed E-state index contributed by atoms with van der Waals surface area (Å²) in [5.74, 6) is 1.18. The van der Waals surface area contributed by atoms with E-state index in [0.717, 1.165) is 6.54 Å². The summed E-state index contributed by atoms with van der Waals surface area (Å²) >= 11 is 0. The monoisotopic (exact) mass is 316 g/mol. The molecule has 1 heterocycles. The number of hydrogen-bond acceptors (Lipinski definition) is 3. The highest BCUT2D eigenvalue weighted by molar-refractivity contribution is 5.78. The van der Waals surface area contributed by atoms with Gasteiger partial charge in [-0.15, -0.1) is 0 Å². The molecule has 1 aliphatic carbocycles. The van der Waals surface area contributed by atoms with Crippen LogP contribution >= 0.6 is 0 Å². The van der Waals surface area contributed by atoms with Crippen molar-refractivity contribution in [3.63, 3.8) is 0 Å². The van der Waals surface area contributed by atoms with Gasteiger partial charge in [-0.2, -0.15) is 0 Å². The summed E-state index contributed by atoms with van der Waals surface area (Å²) in [4.78, 5) is 16.4. The largest absolute Gasteiger partial charge is 0.441 e. The van der Waals surface area contributed by atoms with E-state index in [2.05, 4.69) is 10.3 Å². The lowest BCUT2D eigenvalue weighted by molar-refractivity contribution is -0.120. The Morgan fingerprint density at radius 1 is 1.39 bits per heavy atom. The molecule has 0 aliphatic heterocycles. The third kappa shape index (κ3) is 3.97. The molecule has 5 heteroatoms. The van der Waals surface area contributed by atoms with Crippen LogP contribution < -0.4 is 5.32 Å². The second-order valence-electron chi connectivity index (χ2n) is 6.16. The Morgan fingerprint density at radius 2 is 2.17 bits per heavy atom. The molecule has 1 N–H and O–H groups in total. The van der Waals surface area contributed by atoms with Crippen LogP contribution in [0.4, 0.5) is 4.39 Å². The molecule has 1 saturated carbocycles. The highest BCUT2D eigenvalue weighted by Crippen LogP contribution is 2.24. The third-order valence-electron chi connectivity index (χ3n) is 4.35. The molecule has 0 spiro atoms. The number of oxazole rings is 1. The molecule has 3 rings (SSSR count). The summed E-state index contributed by atoms with van der Waals surface area (Å²) in [5.41, 5.74) is 1.18. The molecule has 23 heavy (non-hydrogen) atoms. The van der Waals surface area contributed by atoms with E-state index >= 15 is 0 Å². The molecule has 1 aliphatic rings. The van der Waals surface area contributed by atoms with E-state index in [-0.39, 0.29) is 18.1 Å². The van der Waals surface area contributed by atoms with Crippen molar-refractivity contribution in [2.24, 2.45) is 5.92 Å². The molecular weight excluding hydrogens is 295 g/mol. The molecule has 2 aromatic rings. The summed E-state index contributed by atoms with van der Waals surface area (Å²) in [6, 6.07) is 6.09. The number of carbonyl (C=O) groups excluding carboxylic acids is 1. The van der Waals surface area contributed by atoms with Gasteiger partial charge in [0.25, 0.3) is 0 Å². The second-order valence-corrected chi connectivity index (χ2v) is 6.16. The first-order chi connectivity index (χ1) is 11.1. The number of nitrogens with one attached hydrogen (secondary N) is 1. The molecule has 1 amide bonds. The van der Waals surface area contributed by atoms with Gasteiger partial charge in [-0.25, -0.2) is 9.37 Å². The molecule has 0 bridgehead atoms. The molecule has 0 unspecified atom stereocenters. The van der Waals surface area contributed by atoms with Gasteiger partial charge in [0.15, 0.2) is 0 Å². The van der Waals surface area contributed by atoms with Gasteiger partial charge >= 0.3 is 0 Å². The summed E-state index contributed by atoms with van der Waals surface area (Å²) in [5, 5.41) is 2.98. The number of halogens is 1. The maximum atomic E-state index is 13.3. The zero-order valence-corrected chi connectivity index (χ0v) is 13.3. The average molecular weight is 316 g/mol. The lowest BCUT2D eigenvalue weighted by Crippen LogP contribution is -2.29. The first kappa shape index (κ1) is 15.7. The van der Waals surface area contributed by atoms with Crippen molar-refractivity contribution in [1.82, 2.24) is 10.3 Å². The molecule has 1 fully saturated rings. The fourth-order valence-electron chi connectivity index (χ4n) is 3.02. The van der Waals surface area contributed by atoms with E-state index in [1.807, 2.05) is 0 Å². The van der Waals surface area contributed by atoms with E-state index in [0.29, 0.717) is 28.8 Å². The van der Waals surface area contributed by atoms with Crippen LogP contribution in [-0.4, -0.2) is 17.4 Å². The molecule has 4 nitrogen and oxygen atoms in total. The zero-order valence-electron chi connectivity index (χ0n) is 13.3. The smallest absolute Gasteiger partial charge is 0.226 e. The van der Waals surface area contributed by atoms with Crippen molar-refractivity contribution in [1.29, 1.82) is 0 Å². The van der Waals surface area contributed by atoms with Crippen LogP contribution in [0.3, 0.4) is 0 Å². The molecule has 1 aromatic carbocycles. The topological polar surface area (TPSA) is 55.1 Å². The highest BCUT2D eigenvalue weighted by atomic mass is 19.1. The Balaban J connectivity index is 1.62. The number of carbonyl (C=O) groups is 1. The van der Waals surface area contributed by atoms with Crippen LogP contribution in [0, 0.1) is 18.7 Å². The van der Waals surface area contributed by atoms with Crippen LogP contribution in [0.1, 0.15) is 37.1 Å². The zero-order chi connectivity index (χ0) is 16.2. The number of aryl methyl sites for hydroxylation is 1. The first-order valence-electron chi connectivity index (χ1n) is 8.11. The minimum Gasteiger partial charge on any atom is -0.441 e. The average Bonchev–Trinajstić information content (AvgIpc) is 3.16. The van der Waals surface area contributed by atoms with Gasteiger partial charge in [0, 0.05) is 12.1 Å². The van der Waals surface area contributed by atoms with Gasteiger partial charge < -0.3 is 9.73 Å². The van der Waals surface area contributed by atoms with E-state index in [1.165, 1.54) is 37.8 Å². The van der Waals surface area contributed by atoms with Crippen molar-refractivity contribution in [3.05, 3.63) is 41.5 Å². The predicted molar refractivity (Wildman–Crippen MR) is 85.3 cm³/mol. The molecular formula is C18H21FN2O2. The van der Waals surface area contributed by atoms with Gasteiger partial charge in [-0.3, -0.25) is 4.79 Å². The van der Waals surface area contributed by atoms with Crippen LogP contribution in [0.15, 0.2) is 28.7 Å². The number of amides is 1. The van der Waals surface area contributed by atoms with Gasteiger partial charge in [0.05, 0.1) is 12.1 Å². The molecule has 0 saturated heterocycles. The Kier molecular flexibility index (Phi) is 4.74. The number of benzene rings is 1. The molecule has 0 radical (unpaired) electrons. The van der Waals surface area contributed by atoms with Crippen LogP contribution in [-0.2, 0) is 11.2 Å². The Bertz CT molecular complexity index is 690. The third-order valence-corrected chi connectivity index (χ3v) is 4.35. The minimum absolute atomic E-state index is 0.0425. The SMILES string of the molecule is Cc1oc(-c2cccc(F)c2)nc1CC(=O)NCC1CCCC1. The summed E-state index contributed by atoms with van der Waals surface area (Å²) < 4.78 is 18.9. The standard InChI is InChI=1S/C18H21FN2O2/c1-12-16(10-17(22)20-11-13-5-2-3-6-13)21-18(23-12)14-7-4-8-15(19)9-14/h4,7-9,13H,2-3,5-6,10-11H2,1H3,(H,20,22). The summed E-state index contributed by atoms with van der Waals surface area (Å²) in [6.45, 7) is 2.52. The van der Waals surface area contributed by atoms with E-state index in [1.54, 1.807) is 19.1 Å². The maximum absolute atomic E-state index is 13.3. The lowest BCUT2D eigenvalue weighted by Gasteiger charge is -2.09. The Labute approximate surface area is 135 Å². The van der Waals surface area contributed by atoms with Crippen molar-refractivity contribution in [2.45, 2.75) is 39.0 Å². The van der Waals surface area contributed by atoms with Gasteiger partial charge in [-0.05, 0) is 43.9 Å². The van der Waals surface area contributed by atoms with E-state index < -0.39 is 0 Å². The Hall–Kier alpha value is -2.17. The number of rotatable bonds is 5. The molecule has 0 atom stereocenters. The minimum atomic E-state index is -0.339. The van der Waals surface area contributed by atoms with Crippen molar-refractivity contribution < 1.29 is 13.6 Å². The van der Waals surface area contributed by atoms with Gasteiger partial charge in [0.1, 0.15) is 11.6 Å². The number of nitrogens with zero attached hydrogens (tertiary/aromatic N) is 1. The molecule has 1 aromatic heterocycles. The van der Waals surface area contributed by atoms with Crippen molar-refractivity contribution >= 4 is 5.91 Å². The Morgan fingerprint density at radius 3 is 2.91 bits per heavy atom. The fraction of sp³-hybridized carbons (Fsp3) is 0.444. The summed E-state index contributed by atoms with van der Waals surface area (Å²) in [6.07, 6.45) is 5.12. The number of aromatic nitrogens is 1. The van der Waals surface area contributed by atoms with Crippen molar-refractivity contribution in [3.8, 4) is 11.5 Å². The van der Waals surface area contributed by atoms with E-state index in [9.17, 15) is 9.18 Å². The first-order valence-corrected chi connectivity index (χ1v) is 8.11. The van der Waals surface area contributed by atoms with E-state index in [4.69, 9.17) is 4.42 Å². The fourth-order valence-corrected chi connectivity index (χ4v) is 3.02. The van der Waals surface area contributed by atoms with Crippen molar-refractivity contribution in [2.75, 3.05) is 6.54 Å². The maximum Gasteiger partial charge on any atom is 0.226 e.